The number of fused-ring (bicyclic) bond motifs is 3. The lowest BCUT2D eigenvalue weighted by Crippen LogP contribution is -2.09. The SMILES string of the molecule is Clc1ccc2c(c1)oc1ccc(-c3cccc(N(c4ccccc4)c4ccccc4)c3)cc12. The van der Waals surface area contributed by atoms with E-state index < -0.39 is 0 Å². The monoisotopic (exact) mass is 445 g/mol. The molecule has 0 aliphatic carbocycles. The first-order valence-corrected chi connectivity index (χ1v) is 11.3. The highest BCUT2D eigenvalue weighted by molar-refractivity contribution is 6.31. The molecule has 158 valence electrons. The van der Waals surface area contributed by atoms with Crippen LogP contribution in [0.3, 0.4) is 0 Å². The maximum absolute atomic E-state index is 6.16. The van der Waals surface area contributed by atoms with Gasteiger partial charge in [-0.3, -0.25) is 0 Å². The molecule has 0 fully saturated rings. The zero-order valence-electron chi connectivity index (χ0n) is 17.8. The zero-order valence-corrected chi connectivity index (χ0v) is 18.5. The normalized spacial score (nSPS) is 11.2. The minimum Gasteiger partial charge on any atom is -0.456 e. The fourth-order valence-corrected chi connectivity index (χ4v) is 4.52. The first kappa shape index (κ1) is 19.7. The van der Waals surface area contributed by atoms with Gasteiger partial charge < -0.3 is 9.32 Å². The van der Waals surface area contributed by atoms with E-state index in [1.54, 1.807) is 0 Å². The van der Waals surface area contributed by atoms with Gasteiger partial charge in [0.05, 0.1) is 0 Å². The molecule has 33 heavy (non-hydrogen) atoms. The number of hydrogen-bond acceptors (Lipinski definition) is 2. The molecule has 0 atom stereocenters. The van der Waals surface area contributed by atoms with Crippen molar-refractivity contribution >= 4 is 50.6 Å². The van der Waals surface area contributed by atoms with Crippen molar-refractivity contribution in [1.29, 1.82) is 0 Å². The first-order valence-electron chi connectivity index (χ1n) is 10.9. The van der Waals surface area contributed by atoms with Crippen LogP contribution in [-0.4, -0.2) is 0 Å². The predicted molar refractivity (Wildman–Crippen MR) is 139 cm³/mol. The average Bonchev–Trinajstić information content (AvgIpc) is 3.22. The summed E-state index contributed by atoms with van der Waals surface area (Å²) in [4.78, 5) is 2.28. The van der Waals surface area contributed by atoms with Crippen LogP contribution in [0.4, 0.5) is 17.1 Å². The summed E-state index contributed by atoms with van der Waals surface area (Å²) in [5.41, 5.74) is 7.31. The van der Waals surface area contributed by atoms with Crippen LogP contribution in [0.1, 0.15) is 0 Å². The highest BCUT2D eigenvalue weighted by Gasteiger charge is 2.14. The van der Waals surface area contributed by atoms with Crippen molar-refractivity contribution in [1.82, 2.24) is 0 Å². The van der Waals surface area contributed by atoms with Crippen molar-refractivity contribution < 1.29 is 4.42 Å². The van der Waals surface area contributed by atoms with Crippen molar-refractivity contribution in [2.75, 3.05) is 4.90 Å². The molecule has 2 nitrogen and oxygen atoms in total. The van der Waals surface area contributed by atoms with E-state index in [0.29, 0.717) is 5.02 Å². The van der Waals surface area contributed by atoms with Crippen LogP contribution in [0.15, 0.2) is 126 Å². The van der Waals surface area contributed by atoms with Gasteiger partial charge in [0.2, 0.25) is 0 Å². The van der Waals surface area contributed by atoms with E-state index in [0.717, 1.165) is 50.1 Å². The Morgan fingerprint density at radius 3 is 1.88 bits per heavy atom. The maximum Gasteiger partial charge on any atom is 0.136 e. The Labute approximate surface area is 197 Å². The number of rotatable bonds is 4. The lowest BCUT2D eigenvalue weighted by molar-refractivity contribution is 0.669. The molecule has 0 unspecified atom stereocenters. The molecular formula is C30H20ClNO. The van der Waals surface area contributed by atoms with E-state index in [1.807, 2.05) is 36.4 Å². The van der Waals surface area contributed by atoms with Gasteiger partial charge in [-0.2, -0.15) is 0 Å². The molecule has 0 aliphatic heterocycles. The summed E-state index contributed by atoms with van der Waals surface area (Å²) in [6, 6.07) is 41.7. The lowest BCUT2D eigenvalue weighted by Gasteiger charge is -2.25. The highest BCUT2D eigenvalue weighted by Crippen LogP contribution is 2.38. The fraction of sp³-hybridized carbons (Fsp3) is 0. The molecule has 5 aromatic carbocycles. The third-order valence-corrected chi connectivity index (χ3v) is 6.13. The van der Waals surface area contributed by atoms with Gasteiger partial charge in [0, 0.05) is 38.9 Å². The summed E-state index contributed by atoms with van der Waals surface area (Å²) in [6.07, 6.45) is 0. The van der Waals surface area contributed by atoms with Gasteiger partial charge in [-0.15, -0.1) is 0 Å². The van der Waals surface area contributed by atoms with Gasteiger partial charge in [0.15, 0.2) is 0 Å². The number of anilines is 3. The lowest BCUT2D eigenvalue weighted by atomic mass is 10.0. The molecule has 3 heteroatoms. The van der Waals surface area contributed by atoms with E-state index >= 15 is 0 Å². The Hall–Kier alpha value is -4.01. The Balaban J connectivity index is 1.48. The maximum atomic E-state index is 6.16. The van der Waals surface area contributed by atoms with Crippen molar-refractivity contribution in [2.24, 2.45) is 0 Å². The van der Waals surface area contributed by atoms with E-state index in [9.17, 15) is 0 Å². The second-order valence-corrected chi connectivity index (χ2v) is 8.45. The highest BCUT2D eigenvalue weighted by atomic mass is 35.5. The summed E-state index contributed by atoms with van der Waals surface area (Å²) in [7, 11) is 0. The minimum absolute atomic E-state index is 0.677. The topological polar surface area (TPSA) is 16.4 Å². The van der Waals surface area contributed by atoms with E-state index in [4.69, 9.17) is 16.0 Å². The third kappa shape index (κ3) is 3.65. The summed E-state index contributed by atoms with van der Waals surface area (Å²) in [5.74, 6) is 0. The Morgan fingerprint density at radius 2 is 1.15 bits per heavy atom. The number of halogens is 1. The van der Waals surface area contributed by atoms with Crippen LogP contribution >= 0.6 is 11.6 Å². The molecule has 0 amide bonds. The second kappa shape index (κ2) is 8.16. The number of para-hydroxylation sites is 2. The van der Waals surface area contributed by atoms with Crippen molar-refractivity contribution in [3.63, 3.8) is 0 Å². The van der Waals surface area contributed by atoms with Crippen LogP contribution in [0.2, 0.25) is 5.02 Å². The first-order chi connectivity index (χ1) is 16.3. The molecule has 1 aromatic heterocycles. The molecule has 0 spiro atoms. The number of nitrogens with zero attached hydrogens (tertiary/aromatic N) is 1. The predicted octanol–water partition coefficient (Wildman–Crippen LogP) is 9.38. The molecule has 0 radical (unpaired) electrons. The van der Waals surface area contributed by atoms with Crippen LogP contribution in [0.5, 0.6) is 0 Å². The fourth-order valence-electron chi connectivity index (χ4n) is 4.36. The average molecular weight is 446 g/mol. The molecule has 6 rings (SSSR count). The van der Waals surface area contributed by atoms with Crippen LogP contribution < -0.4 is 4.90 Å². The van der Waals surface area contributed by atoms with E-state index in [2.05, 4.69) is 89.8 Å². The van der Waals surface area contributed by atoms with Crippen molar-refractivity contribution in [3.8, 4) is 11.1 Å². The summed E-state index contributed by atoms with van der Waals surface area (Å²) in [5, 5.41) is 2.84. The van der Waals surface area contributed by atoms with E-state index in [1.165, 1.54) is 0 Å². The number of hydrogen-bond donors (Lipinski definition) is 0. The van der Waals surface area contributed by atoms with E-state index in [-0.39, 0.29) is 0 Å². The largest absolute Gasteiger partial charge is 0.456 e. The van der Waals surface area contributed by atoms with Crippen molar-refractivity contribution in [2.45, 2.75) is 0 Å². The molecule has 1 heterocycles. The summed E-state index contributed by atoms with van der Waals surface area (Å²) < 4.78 is 6.01. The van der Waals surface area contributed by atoms with Crippen LogP contribution in [-0.2, 0) is 0 Å². The molecule has 0 N–H and O–H groups in total. The molecular weight excluding hydrogens is 426 g/mol. The van der Waals surface area contributed by atoms with Gasteiger partial charge in [0.25, 0.3) is 0 Å². The number of benzene rings is 5. The summed E-state index contributed by atoms with van der Waals surface area (Å²) in [6.45, 7) is 0. The molecule has 0 saturated heterocycles. The van der Waals surface area contributed by atoms with Crippen LogP contribution in [0.25, 0.3) is 33.1 Å². The zero-order chi connectivity index (χ0) is 22.2. The second-order valence-electron chi connectivity index (χ2n) is 8.01. The number of furan rings is 1. The molecule has 6 aromatic rings. The molecule has 0 bridgehead atoms. The van der Waals surface area contributed by atoms with Gasteiger partial charge in [-0.25, -0.2) is 0 Å². The quantitative estimate of drug-likeness (QED) is 0.268. The minimum atomic E-state index is 0.677. The Kier molecular flexibility index (Phi) is 4.86. The molecule has 0 saturated carbocycles. The van der Waals surface area contributed by atoms with Crippen molar-refractivity contribution in [3.05, 3.63) is 126 Å². The standard InChI is InChI=1S/C30H20ClNO/c31-23-15-16-27-28-19-22(14-17-29(28)33-30(27)20-23)21-8-7-13-26(18-21)32(24-9-3-1-4-10-24)25-11-5-2-6-12-25/h1-20H. The van der Waals surface area contributed by atoms with Gasteiger partial charge in [-0.1, -0.05) is 66.2 Å². The van der Waals surface area contributed by atoms with Gasteiger partial charge in [0.1, 0.15) is 11.2 Å². The smallest absolute Gasteiger partial charge is 0.136 e. The summed E-state index contributed by atoms with van der Waals surface area (Å²) >= 11 is 6.16. The molecule has 0 aliphatic rings. The third-order valence-electron chi connectivity index (χ3n) is 5.90. The van der Waals surface area contributed by atoms with Gasteiger partial charge in [-0.05, 0) is 71.8 Å². The van der Waals surface area contributed by atoms with Crippen LogP contribution in [0, 0.1) is 0 Å². The van der Waals surface area contributed by atoms with Gasteiger partial charge >= 0.3 is 0 Å². The Morgan fingerprint density at radius 1 is 0.485 bits per heavy atom. The Bertz CT molecular complexity index is 1530.